The Labute approximate surface area is 113 Å². The van der Waals surface area contributed by atoms with Gasteiger partial charge >= 0.3 is 0 Å². The highest BCUT2D eigenvalue weighted by Crippen LogP contribution is 2.26. The van der Waals surface area contributed by atoms with Gasteiger partial charge in [-0.1, -0.05) is 30.3 Å². The molecule has 0 aromatic heterocycles. The van der Waals surface area contributed by atoms with Gasteiger partial charge < -0.3 is 10.3 Å². The molecule has 0 saturated carbocycles. The molecule has 0 saturated heterocycles. The van der Waals surface area contributed by atoms with Crippen LogP contribution in [-0.2, 0) is 16.9 Å². The number of hydrogen-bond donors (Lipinski definition) is 1. The number of nitro groups is 1. The van der Waals surface area contributed by atoms with E-state index in [9.17, 15) is 14.7 Å². The minimum atomic E-state index is -1.33. The zero-order chi connectivity index (χ0) is 13.8. The highest BCUT2D eigenvalue weighted by atomic mass is 32.2. The standard InChI is InChI=1S/C13H12N2O3S/c14-12-7-6-11(8-13(12)15(16)17)19(18)9-10-4-2-1-3-5-10/h1-8H,9,14H2. The van der Waals surface area contributed by atoms with Gasteiger partial charge in [-0.3, -0.25) is 10.1 Å². The van der Waals surface area contributed by atoms with Gasteiger partial charge in [0.1, 0.15) is 11.4 Å². The lowest BCUT2D eigenvalue weighted by Gasteiger charge is -2.10. The third-order valence-corrected chi connectivity index (χ3v) is 3.98. The quantitative estimate of drug-likeness (QED) is 0.402. The Bertz CT molecular complexity index is 590. The fraction of sp³-hybridized carbons (Fsp3) is 0.0769. The van der Waals surface area contributed by atoms with Crippen LogP contribution < -0.4 is 5.73 Å². The van der Waals surface area contributed by atoms with Gasteiger partial charge in [0.15, 0.2) is 4.90 Å². The molecule has 98 valence electrons. The van der Waals surface area contributed by atoms with E-state index in [2.05, 4.69) is 0 Å². The van der Waals surface area contributed by atoms with Crippen molar-refractivity contribution in [1.29, 1.82) is 0 Å². The van der Waals surface area contributed by atoms with E-state index in [4.69, 9.17) is 5.73 Å². The first-order valence-electron chi connectivity index (χ1n) is 5.54. The average Bonchev–Trinajstić information content (AvgIpc) is 2.40. The molecule has 19 heavy (non-hydrogen) atoms. The van der Waals surface area contributed by atoms with E-state index >= 15 is 0 Å². The zero-order valence-corrected chi connectivity index (χ0v) is 10.8. The summed E-state index contributed by atoms with van der Waals surface area (Å²) in [6.07, 6.45) is 0. The van der Waals surface area contributed by atoms with Gasteiger partial charge in [0, 0.05) is 5.56 Å². The first-order valence-corrected chi connectivity index (χ1v) is 6.86. The Kier molecular flexibility index (Phi) is 4.03. The van der Waals surface area contributed by atoms with Gasteiger partial charge in [-0.25, -0.2) is 0 Å². The molecule has 1 unspecified atom stereocenters. The van der Waals surface area contributed by atoms with Crippen LogP contribution in [-0.4, -0.2) is 9.48 Å². The normalized spacial score (nSPS) is 12.1. The van der Waals surface area contributed by atoms with Crippen molar-refractivity contribution in [3.63, 3.8) is 0 Å². The maximum absolute atomic E-state index is 12.1. The summed E-state index contributed by atoms with van der Waals surface area (Å²) in [6, 6.07) is 13.6. The fourth-order valence-corrected chi connectivity index (χ4v) is 2.76. The summed E-state index contributed by atoms with van der Waals surface area (Å²) in [7, 11) is 0. The Morgan fingerprint density at radius 2 is 1.84 bits per heavy atom. The first-order chi connectivity index (χ1) is 9.08. The van der Waals surface area contributed by atoms with E-state index in [0.29, 0.717) is 10.6 Å². The number of benzene rings is 2. The number of nitrogens with zero attached hydrogens (tertiary/aromatic N) is 1. The molecule has 0 amide bonds. The molecule has 0 spiro atoms. The topological polar surface area (TPSA) is 92.2 Å². The molecular weight excluding hydrogens is 264 g/mol. The third-order valence-electron chi connectivity index (χ3n) is 2.60. The molecule has 2 rings (SSSR count). The average molecular weight is 276 g/mol. The number of hydrogen-bond acceptors (Lipinski definition) is 4. The van der Waals surface area contributed by atoms with Crippen molar-refractivity contribution in [2.24, 2.45) is 0 Å². The van der Waals surface area contributed by atoms with Crippen molar-refractivity contribution in [3.8, 4) is 0 Å². The van der Waals surface area contributed by atoms with Crippen molar-refractivity contribution >= 4 is 22.6 Å². The summed E-state index contributed by atoms with van der Waals surface area (Å²) in [6.45, 7) is 0. The van der Waals surface area contributed by atoms with Crippen LogP contribution in [0.15, 0.2) is 53.4 Å². The highest BCUT2D eigenvalue weighted by molar-refractivity contribution is 7.90. The summed E-state index contributed by atoms with van der Waals surface area (Å²) < 4.78 is 12.1. The van der Waals surface area contributed by atoms with E-state index in [1.807, 2.05) is 30.3 Å². The molecule has 2 N–H and O–H groups in total. The summed E-state index contributed by atoms with van der Waals surface area (Å²) in [5.41, 5.74) is 6.28. The van der Waals surface area contributed by atoms with Gasteiger partial charge in [0.2, 0.25) is 0 Å². The van der Waals surface area contributed by atoms with E-state index in [1.165, 1.54) is 12.1 Å². The minimum Gasteiger partial charge on any atom is -0.611 e. The van der Waals surface area contributed by atoms with Crippen LogP contribution in [0.25, 0.3) is 0 Å². The van der Waals surface area contributed by atoms with Crippen LogP contribution in [0.3, 0.4) is 0 Å². The van der Waals surface area contributed by atoms with E-state index in [0.717, 1.165) is 5.56 Å². The summed E-state index contributed by atoms with van der Waals surface area (Å²) >= 11 is -1.33. The van der Waals surface area contributed by atoms with Crippen molar-refractivity contribution in [2.75, 3.05) is 5.73 Å². The highest BCUT2D eigenvalue weighted by Gasteiger charge is 2.19. The second-order valence-electron chi connectivity index (χ2n) is 3.95. The Morgan fingerprint density at radius 1 is 1.16 bits per heavy atom. The molecule has 0 bridgehead atoms. The third kappa shape index (κ3) is 3.24. The molecule has 1 atom stereocenters. The molecule has 0 fully saturated rings. The van der Waals surface area contributed by atoms with Crippen LogP contribution in [0, 0.1) is 10.1 Å². The zero-order valence-electron chi connectivity index (χ0n) is 9.98. The number of nitrogens with two attached hydrogens (primary N) is 1. The first kappa shape index (κ1) is 13.4. The Balaban J connectivity index is 2.22. The van der Waals surface area contributed by atoms with Crippen LogP contribution >= 0.6 is 0 Å². The second kappa shape index (κ2) is 5.73. The lowest BCUT2D eigenvalue weighted by Crippen LogP contribution is -2.06. The smallest absolute Gasteiger partial charge is 0.297 e. The lowest BCUT2D eigenvalue weighted by molar-refractivity contribution is -0.384. The van der Waals surface area contributed by atoms with Crippen molar-refractivity contribution in [3.05, 3.63) is 64.2 Å². The second-order valence-corrected chi connectivity index (χ2v) is 5.40. The van der Waals surface area contributed by atoms with Crippen LogP contribution in [0.5, 0.6) is 0 Å². The molecule has 5 nitrogen and oxygen atoms in total. The SMILES string of the molecule is Nc1ccc([S+]([O-])Cc2ccccc2)cc1[N+](=O)[O-]. The molecule has 0 aliphatic rings. The van der Waals surface area contributed by atoms with E-state index in [-0.39, 0.29) is 11.4 Å². The summed E-state index contributed by atoms with van der Waals surface area (Å²) in [5.74, 6) is 0.321. The predicted octanol–water partition coefficient (Wildman–Crippen LogP) is 2.48. The van der Waals surface area contributed by atoms with E-state index in [1.54, 1.807) is 6.07 Å². The van der Waals surface area contributed by atoms with Gasteiger partial charge in [0.05, 0.1) is 11.0 Å². The number of nitro benzene ring substituents is 1. The molecule has 0 aliphatic carbocycles. The molecule has 6 heteroatoms. The summed E-state index contributed by atoms with van der Waals surface area (Å²) in [4.78, 5) is 10.6. The Hall–Kier alpha value is -2.05. The maximum Gasteiger partial charge on any atom is 0.297 e. The maximum atomic E-state index is 12.1. The molecule has 2 aromatic rings. The van der Waals surface area contributed by atoms with Gasteiger partial charge in [-0.15, -0.1) is 0 Å². The van der Waals surface area contributed by atoms with Crippen molar-refractivity contribution in [1.82, 2.24) is 0 Å². The molecule has 0 radical (unpaired) electrons. The van der Waals surface area contributed by atoms with Crippen LogP contribution in [0.2, 0.25) is 0 Å². The number of rotatable bonds is 4. The largest absolute Gasteiger partial charge is 0.611 e. The minimum absolute atomic E-state index is 0.0745. The predicted molar refractivity (Wildman–Crippen MR) is 74.1 cm³/mol. The molecule has 0 heterocycles. The number of anilines is 1. The molecule has 0 aliphatic heterocycles. The van der Waals surface area contributed by atoms with Crippen LogP contribution in [0.4, 0.5) is 11.4 Å². The van der Waals surface area contributed by atoms with Crippen LogP contribution in [0.1, 0.15) is 5.56 Å². The lowest BCUT2D eigenvalue weighted by atomic mass is 10.2. The monoisotopic (exact) mass is 276 g/mol. The van der Waals surface area contributed by atoms with E-state index < -0.39 is 16.1 Å². The fourth-order valence-electron chi connectivity index (χ4n) is 1.63. The van der Waals surface area contributed by atoms with Gasteiger partial charge in [-0.05, 0) is 23.3 Å². The van der Waals surface area contributed by atoms with Gasteiger partial charge in [-0.2, -0.15) is 0 Å². The van der Waals surface area contributed by atoms with Crippen molar-refractivity contribution in [2.45, 2.75) is 10.6 Å². The van der Waals surface area contributed by atoms with Crippen molar-refractivity contribution < 1.29 is 9.48 Å². The summed E-state index contributed by atoms with van der Waals surface area (Å²) in [5, 5.41) is 10.8. The molecular formula is C13H12N2O3S. The number of nitrogen functional groups attached to an aromatic ring is 1. The molecule has 2 aromatic carbocycles. The Morgan fingerprint density at radius 3 is 2.47 bits per heavy atom. The van der Waals surface area contributed by atoms with Gasteiger partial charge in [0.25, 0.3) is 5.69 Å².